The smallest absolute Gasteiger partial charge is 0.298 e. The lowest BCUT2D eigenvalue weighted by Crippen LogP contribution is -2.59. The molecule has 1 saturated heterocycles. The number of oxazole rings is 2. The Bertz CT molecular complexity index is 2730. The minimum atomic E-state index is -0.683. The van der Waals surface area contributed by atoms with Gasteiger partial charge in [-0.1, -0.05) is 19.1 Å². The summed E-state index contributed by atoms with van der Waals surface area (Å²) in [5.41, 5.74) is 14.2. The molecule has 19 nitrogen and oxygen atoms in total. The third-order valence-corrected chi connectivity index (χ3v) is 10.6. The Hall–Kier alpha value is -7.02. The first-order valence-corrected chi connectivity index (χ1v) is 18.8. The zero-order valence-corrected chi connectivity index (χ0v) is 31.9. The van der Waals surface area contributed by atoms with E-state index in [1.165, 1.54) is 4.90 Å². The Balaban J connectivity index is 1.19. The molecule has 4 amide bonds. The van der Waals surface area contributed by atoms with Gasteiger partial charge in [0.05, 0.1) is 41.1 Å². The van der Waals surface area contributed by atoms with Crippen molar-refractivity contribution in [3.05, 3.63) is 82.2 Å². The number of ether oxygens (including phenoxy) is 2. The summed E-state index contributed by atoms with van der Waals surface area (Å²) in [6, 6.07) is 6.27. The monoisotopic (exact) mass is 789 g/mol. The lowest BCUT2D eigenvalue weighted by atomic mass is 9.83. The Labute approximate surface area is 329 Å². The van der Waals surface area contributed by atoms with Crippen LogP contribution in [0.4, 0.5) is 11.9 Å². The van der Waals surface area contributed by atoms with Crippen LogP contribution in [-0.4, -0.2) is 85.5 Å². The topological polar surface area (TPSA) is 254 Å². The standard InChI is InChI=1S/C39H39N11O8/c1-4-23-31(57-19(2)43-23)35(53)47-37-45-25-11-21(33(40)51)13-27-29(25)48(37)8-5-6-9-49-30-26(46-38(49)50-10-7-24-32(36(50)54)58-20(3)44-24)12-22(34(41)52)14-28(30)56-18-39(17-55-27)15-42-16-39/h5-6,11-14,42H,4,7-10,15-18H2,1-3H3,(H2,40,51)(H2,41,52)(H,45,47,53)/b6-5+. The van der Waals surface area contributed by atoms with Crippen LogP contribution in [0, 0.1) is 19.3 Å². The molecule has 0 atom stereocenters. The van der Waals surface area contributed by atoms with Gasteiger partial charge in [-0.15, -0.1) is 0 Å². The number of anilines is 2. The van der Waals surface area contributed by atoms with Gasteiger partial charge in [0.25, 0.3) is 11.8 Å². The fourth-order valence-corrected chi connectivity index (χ4v) is 7.64. The van der Waals surface area contributed by atoms with Crippen LogP contribution < -0.4 is 36.5 Å². The number of aromatic nitrogens is 6. The highest BCUT2D eigenvalue weighted by molar-refractivity contribution is 6.07. The van der Waals surface area contributed by atoms with Crippen molar-refractivity contribution < 1.29 is 37.5 Å². The Morgan fingerprint density at radius 1 is 0.845 bits per heavy atom. The minimum Gasteiger partial charge on any atom is -0.490 e. The molecule has 0 bridgehead atoms. The maximum atomic E-state index is 13.9. The van der Waals surface area contributed by atoms with E-state index in [0.29, 0.717) is 88.6 Å². The van der Waals surface area contributed by atoms with E-state index in [9.17, 15) is 19.2 Å². The summed E-state index contributed by atoms with van der Waals surface area (Å²) in [7, 11) is 0. The molecule has 4 aromatic heterocycles. The van der Waals surface area contributed by atoms with Crippen LogP contribution in [-0.2, 0) is 25.9 Å². The van der Waals surface area contributed by atoms with E-state index < -0.39 is 29.0 Å². The number of rotatable bonds is 6. The van der Waals surface area contributed by atoms with E-state index in [0.717, 1.165) is 0 Å². The van der Waals surface area contributed by atoms with E-state index in [1.807, 2.05) is 23.6 Å². The molecule has 298 valence electrons. The number of benzene rings is 2. The van der Waals surface area contributed by atoms with Gasteiger partial charge < -0.3 is 44.2 Å². The lowest BCUT2D eigenvalue weighted by Gasteiger charge is -2.41. The number of carbonyl (C=O) groups is 4. The predicted molar refractivity (Wildman–Crippen MR) is 207 cm³/mol. The van der Waals surface area contributed by atoms with Crippen LogP contribution in [0.5, 0.6) is 11.5 Å². The first-order chi connectivity index (χ1) is 27.9. The maximum absolute atomic E-state index is 13.9. The molecular weight excluding hydrogens is 750 g/mol. The fourth-order valence-electron chi connectivity index (χ4n) is 7.64. The molecule has 58 heavy (non-hydrogen) atoms. The molecule has 7 heterocycles. The quantitative estimate of drug-likeness (QED) is 0.177. The van der Waals surface area contributed by atoms with Crippen LogP contribution in [0.2, 0.25) is 0 Å². The van der Waals surface area contributed by atoms with Crippen molar-refractivity contribution in [2.24, 2.45) is 16.9 Å². The van der Waals surface area contributed by atoms with E-state index in [-0.39, 0.29) is 61.4 Å². The second-order valence-electron chi connectivity index (χ2n) is 14.7. The van der Waals surface area contributed by atoms with Gasteiger partial charge in [0, 0.05) is 64.1 Å². The number of nitrogens with zero attached hydrogens (tertiary/aromatic N) is 7. The number of allylic oxidation sites excluding steroid dienone is 2. The molecule has 1 spiro atoms. The molecule has 6 aromatic rings. The highest BCUT2D eigenvalue weighted by atomic mass is 16.5. The van der Waals surface area contributed by atoms with Gasteiger partial charge >= 0.3 is 0 Å². The largest absolute Gasteiger partial charge is 0.490 e. The van der Waals surface area contributed by atoms with Gasteiger partial charge in [0.2, 0.25) is 35.2 Å². The summed E-state index contributed by atoms with van der Waals surface area (Å²) in [4.78, 5) is 72.7. The van der Waals surface area contributed by atoms with Crippen molar-refractivity contribution in [2.45, 2.75) is 46.7 Å². The van der Waals surface area contributed by atoms with Crippen LogP contribution >= 0.6 is 0 Å². The number of amides is 4. The van der Waals surface area contributed by atoms with Gasteiger partial charge in [-0.3, -0.25) is 29.4 Å². The van der Waals surface area contributed by atoms with Crippen LogP contribution in [0.1, 0.15) is 71.9 Å². The van der Waals surface area contributed by atoms with E-state index in [2.05, 4.69) is 20.6 Å². The second-order valence-corrected chi connectivity index (χ2v) is 14.7. The van der Waals surface area contributed by atoms with Crippen LogP contribution in [0.15, 0.2) is 45.3 Å². The number of imidazole rings is 2. The predicted octanol–water partition coefficient (Wildman–Crippen LogP) is 2.81. The molecule has 0 unspecified atom stereocenters. The first kappa shape index (κ1) is 36.6. The Morgan fingerprint density at radius 2 is 1.47 bits per heavy atom. The lowest BCUT2D eigenvalue weighted by molar-refractivity contribution is 0.0321. The third-order valence-electron chi connectivity index (χ3n) is 10.6. The van der Waals surface area contributed by atoms with Crippen molar-refractivity contribution in [3.8, 4) is 11.5 Å². The van der Waals surface area contributed by atoms with Crippen molar-refractivity contribution in [1.82, 2.24) is 34.4 Å². The third kappa shape index (κ3) is 6.19. The highest BCUT2D eigenvalue weighted by Crippen LogP contribution is 2.37. The molecule has 0 aliphatic carbocycles. The zero-order chi connectivity index (χ0) is 40.5. The van der Waals surface area contributed by atoms with Crippen molar-refractivity contribution in [2.75, 3.05) is 43.1 Å². The number of primary amides is 2. The molecule has 19 heteroatoms. The van der Waals surface area contributed by atoms with Crippen LogP contribution in [0.25, 0.3) is 22.1 Å². The van der Waals surface area contributed by atoms with Gasteiger partial charge in [0.1, 0.15) is 22.5 Å². The summed E-state index contributed by atoms with van der Waals surface area (Å²) in [5, 5.41) is 6.19. The highest BCUT2D eigenvalue weighted by Gasteiger charge is 2.40. The molecule has 6 N–H and O–H groups in total. The summed E-state index contributed by atoms with van der Waals surface area (Å²) >= 11 is 0. The Morgan fingerprint density at radius 3 is 2.09 bits per heavy atom. The normalized spacial score (nSPS) is 16.9. The number of nitrogens with one attached hydrogen (secondary N) is 2. The zero-order valence-electron chi connectivity index (χ0n) is 31.9. The van der Waals surface area contributed by atoms with Gasteiger partial charge in [-0.2, -0.15) is 0 Å². The molecule has 2 aromatic carbocycles. The maximum Gasteiger partial charge on any atom is 0.298 e. The van der Waals surface area contributed by atoms with Crippen molar-refractivity contribution in [3.63, 3.8) is 0 Å². The molecule has 9 rings (SSSR count). The summed E-state index contributed by atoms with van der Waals surface area (Å²) < 4.78 is 28.1. The van der Waals surface area contributed by atoms with Crippen molar-refractivity contribution in [1.29, 1.82) is 0 Å². The van der Waals surface area contributed by atoms with Crippen LogP contribution in [0.3, 0.4) is 0 Å². The number of carbonyl (C=O) groups excluding carboxylic acids is 4. The number of fused-ring (bicyclic) bond motifs is 1. The minimum absolute atomic E-state index is 0.0657. The fraction of sp³-hybridized carbons (Fsp3) is 0.333. The Kier molecular flexibility index (Phi) is 8.75. The van der Waals surface area contributed by atoms with Gasteiger partial charge in [-0.05, 0) is 30.7 Å². The second kappa shape index (κ2) is 13.9. The molecular formula is C39H39N11O8. The summed E-state index contributed by atoms with van der Waals surface area (Å²) in [5.74, 6) is -0.229. The summed E-state index contributed by atoms with van der Waals surface area (Å²) in [6.45, 7) is 7.20. The van der Waals surface area contributed by atoms with E-state index >= 15 is 0 Å². The molecule has 3 aliphatic rings. The van der Waals surface area contributed by atoms with E-state index in [1.54, 1.807) is 42.7 Å². The SMILES string of the molecule is CCc1nc(C)oc1C(=O)Nc1nc2cc(C(N)=O)cc3c2n1C/C=C/Cn1c(N2CCc4nc(C)oc4C2=O)nc2cc(C(N)=O)cc(c21)OCC1(CNC1)CO3. The van der Waals surface area contributed by atoms with E-state index in [4.69, 9.17) is 39.7 Å². The average Bonchev–Trinajstić information content (AvgIpc) is 3.94. The first-order valence-electron chi connectivity index (χ1n) is 18.8. The molecule has 1 fully saturated rings. The summed E-state index contributed by atoms with van der Waals surface area (Å²) in [6.07, 6.45) is 4.65. The molecule has 3 aliphatic heterocycles. The van der Waals surface area contributed by atoms with Gasteiger partial charge in [-0.25, -0.2) is 19.9 Å². The molecule has 0 saturated carbocycles. The number of aryl methyl sites for hydroxylation is 3. The number of nitrogens with two attached hydrogens (primary N) is 2. The van der Waals surface area contributed by atoms with Crippen molar-refractivity contribution >= 4 is 57.6 Å². The number of hydrogen-bond donors (Lipinski definition) is 4. The average molecular weight is 790 g/mol. The molecule has 0 radical (unpaired) electrons. The van der Waals surface area contributed by atoms with Gasteiger partial charge in [0.15, 0.2) is 11.8 Å². The number of hydrogen-bond acceptors (Lipinski definition) is 13.